The maximum absolute atomic E-state index is 10.2. The molecule has 3 N–H and O–H groups in total. The molecule has 2 heterocycles. The number of rotatable bonds is 6. The average molecular weight is 286 g/mol. The van der Waals surface area contributed by atoms with E-state index in [2.05, 4.69) is 34.1 Å². The minimum absolute atomic E-state index is 0.597. The van der Waals surface area contributed by atoms with Gasteiger partial charge in [0.05, 0.1) is 18.3 Å². The molecule has 0 spiro atoms. The number of hydrogen-bond acceptors (Lipinski definition) is 4. The van der Waals surface area contributed by atoms with E-state index in [1.165, 1.54) is 5.56 Å². The third kappa shape index (κ3) is 3.91. The Morgan fingerprint density at radius 3 is 2.90 bits per heavy atom. The van der Waals surface area contributed by atoms with Crippen molar-refractivity contribution < 1.29 is 5.11 Å². The molecule has 1 fully saturated rings. The van der Waals surface area contributed by atoms with Crippen LogP contribution in [0.15, 0.2) is 42.7 Å². The average Bonchev–Trinajstić information content (AvgIpc) is 3.10. The van der Waals surface area contributed by atoms with Gasteiger partial charge in [-0.2, -0.15) is 5.10 Å². The smallest absolute Gasteiger partial charge is 0.0907 e. The van der Waals surface area contributed by atoms with Gasteiger partial charge in [0.2, 0.25) is 0 Å². The lowest BCUT2D eigenvalue weighted by molar-refractivity contribution is 0.0609. The van der Waals surface area contributed by atoms with Gasteiger partial charge in [0.1, 0.15) is 0 Å². The molecule has 1 aromatic heterocycles. The van der Waals surface area contributed by atoms with Crippen molar-refractivity contribution in [3.05, 3.63) is 53.9 Å². The number of nitrogens with one attached hydrogen (secondary N) is 2. The Morgan fingerprint density at radius 2 is 2.14 bits per heavy atom. The monoisotopic (exact) mass is 286 g/mol. The molecule has 0 saturated carbocycles. The van der Waals surface area contributed by atoms with Gasteiger partial charge in [0, 0.05) is 31.4 Å². The molecule has 112 valence electrons. The Bertz CT molecular complexity index is 561. The van der Waals surface area contributed by atoms with Gasteiger partial charge < -0.3 is 15.7 Å². The van der Waals surface area contributed by atoms with Crippen molar-refractivity contribution in [1.82, 2.24) is 20.4 Å². The molecule has 1 atom stereocenters. The van der Waals surface area contributed by atoms with Crippen molar-refractivity contribution in [1.29, 1.82) is 0 Å². The second kappa shape index (κ2) is 6.39. The molecule has 5 nitrogen and oxygen atoms in total. The van der Waals surface area contributed by atoms with Crippen molar-refractivity contribution in [2.45, 2.75) is 25.1 Å². The standard InChI is InChI=1S/C16H22N4O/c21-16(6-7-17-12-16)13-18-8-15-9-19-20(11-15)10-14-4-2-1-3-5-14/h1-5,9,11,17-18,21H,6-8,10,12-13H2. The predicted molar refractivity (Wildman–Crippen MR) is 81.9 cm³/mol. The Balaban J connectivity index is 1.49. The summed E-state index contributed by atoms with van der Waals surface area (Å²) >= 11 is 0. The summed E-state index contributed by atoms with van der Waals surface area (Å²) in [5.41, 5.74) is 1.78. The van der Waals surface area contributed by atoms with Crippen LogP contribution in [-0.2, 0) is 13.1 Å². The number of benzene rings is 1. The van der Waals surface area contributed by atoms with Crippen LogP contribution in [0.5, 0.6) is 0 Å². The van der Waals surface area contributed by atoms with Crippen molar-refractivity contribution >= 4 is 0 Å². The van der Waals surface area contributed by atoms with Gasteiger partial charge in [-0.1, -0.05) is 30.3 Å². The molecule has 1 aromatic carbocycles. The van der Waals surface area contributed by atoms with Gasteiger partial charge in [0.25, 0.3) is 0 Å². The number of β-amino-alcohol motifs (C(OH)–C–C–N with tert-alkyl or cyclic N) is 1. The minimum Gasteiger partial charge on any atom is -0.387 e. The molecule has 0 aliphatic carbocycles. The van der Waals surface area contributed by atoms with Gasteiger partial charge in [-0.25, -0.2) is 0 Å². The normalized spacial score (nSPS) is 21.8. The van der Waals surface area contributed by atoms with Crippen molar-refractivity contribution in [3.63, 3.8) is 0 Å². The second-order valence-corrected chi connectivity index (χ2v) is 5.79. The number of aliphatic hydroxyl groups is 1. The van der Waals surface area contributed by atoms with Gasteiger partial charge in [-0.05, 0) is 18.5 Å². The molecule has 0 radical (unpaired) electrons. The third-order valence-corrected chi connectivity index (χ3v) is 3.88. The Kier molecular flexibility index (Phi) is 4.34. The van der Waals surface area contributed by atoms with Crippen LogP contribution in [0.25, 0.3) is 0 Å². The molecule has 0 amide bonds. The highest BCUT2D eigenvalue weighted by Crippen LogP contribution is 2.12. The van der Waals surface area contributed by atoms with Gasteiger partial charge in [0.15, 0.2) is 0 Å². The topological polar surface area (TPSA) is 62.1 Å². The van der Waals surface area contributed by atoms with Gasteiger partial charge in [-0.3, -0.25) is 4.68 Å². The van der Waals surface area contributed by atoms with Crippen LogP contribution in [0.3, 0.4) is 0 Å². The summed E-state index contributed by atoms with van der Waals surface area (Å²) < 4.78 is 1.94. The Morgan fingerprint density at radius 1 is 1.29 bits per heavy atom. The van der Waals surface area contributed by atoms with Gasteiger partial charge >= 0.3 is 0 Å². The summed E-state index contributed by atoms with van der Waals surface area (Å²) in [5.74, 6) is 0. The Labute approximate surface area is 125 Å². The van der Waals surface area contributed by atoms with E-state index in [4.69, 9.17) is 0 Å². The van der Waals surface area contributed by atoms with Crippen LogP contribution in [0.1, 0.15) is 17.5 Å². The fraction of sp³-hybridized carbons (Fsp3) is 0.438. The van der Waals surface area contributed by atoms with Gasteiger partial charge in [-0.15, -0.1) is 0 Å². The van der Waals surface area contributed by atoms with E-state index in [-0.39, 0.29) is 0 Å². The van der Waals surface area contributed by atoms with Crippen LogP contribution >= 0.6 is 0 Å². The zero-order valence-electron chi connectivity index (χ0n) is 12.1. The molecule has 1 aliphatic rings. The van der Waals surface area contributed by atoms with Crippen LogP contribution in [0.4, 0.5) is 0 Å². The van der Waals surface area contributed by atoms with Crippen LogP contribution in [-0.4, -0.2) is 40.1 Å². The zero-order valence-corrected chi connectivity index (χ0v) is 12.1. The first-order valence-corrected chi connectivity index (χ1v) is 7.43. The van der Waals surface area contributed by atoms with E-state index in [0.717, 1.165) is 31.6 Å². The van der Waals surface area contributed by atoms with Crippen LogP contribution < -0.4 is 10.6 Å². The minimum atomic E-state index is -0.597. The highest BCUT2D eigenvalue weighted by molar-refractivity contribution is 5.15. The maximum atomic E-state index is 10.2. The Hall–Kier alpha value is -1.69. The first kappa shape index (κ1) is 14.3. The highest BCUT2D eigenvalue weighted by Gasteiger charge is 2.30. The molecule has 1 saturated heterocycles. The lowest BCUT2D eigenvalue weighted by atomic mass is 10.0. The molecule has 1 unspecified atom stereocenters. The summed E-state index contributed by atoms with van der Waals surface area (Å²) in [4.78, 5) is 0. The SMILES string of the molecule is OC1(CNCc2cnn(Cc3ccccc3)c2)CCNC1. The van der Waals surface area contributed by atoms with Crippen molar-refractivity contribution in [2.24, 2.45) is 0 Å². The number of nitrogens with zero attached hydrogens (tertiary/aromatic N) is 2. The summed E-state index contributed by atoms with van der Waals surface area (Å²) in [5, 5.41) is 21.1. The fourth-order valence-electron chi connectivity index (χ4n) is 2.68. The van der Waals surface area contributed by atoms with E-state index >= 15 is 0 Å². The maximum Gasteiger partial charge on any atom is 0.0907 e. The lowest BCUT2D eigenvalue weighted by Crippen LogP contribution is -2.42. The summed E-state index contributed by atoms with van der Waals surface area (Å²) in [6, 6.07) is 10.3. The lowest BCUT2D eigenvalue weighted by Gasteiger charge is -2.21. The van der Waals surface area contributed by atoms with E-state index in [0.29, 0.717) is 13.1 Å². The molecular formula is C16H22N4O. The van der Waals surface area contributed by atoms with Crippen molar-refractivity contribution in [2.75, 3.05) is 19.6 Å². The summed E-state index contributed by atoms with van der Waals surface area (Å²) in [6.45, 7) is 3.70. The third-order valence-electron chi connectivity index (χ3n) is 3.88. The van der Waals surface area contributed by atoms with E-state index < -0.39 is 5.60 Å². The fourth-order valence-corrected chi connectivity index (χ4v) is 2.68. The highest BCUT2D eigenvalue weighted by atomic mass is 16.3. The van der Waals surface area contributed by atoms with Crippen LogP contribution in [0, 0.1) is 0 Å². The molecular weight excluding hydrogens is 264 g/mol. The summed E-state index contributed by atoms with van der Waals surface area (Å²) in [6.07, 6.45) is 4.75. The van der Waals surface area contributed by atoms with E-state index in [1.54, 1.807) is 0 Å². The molecule has 2 aromatic rings. The zero-order chi connectivity index (χ0) is 14.5. The van der Waals surface area contributed by atoms with E-state index in [1.807, 2.05) is 29.1 Å². The molecule has 0 bridgehead atoms. The first-order valence-electron chi connectivity index (χ1n) is 7.43. The number of hydrogen-bond donors (Lipinski definition) is 3. The molecule has 3 rings (SSSR count). The second-order valence-electron chi connectivity index (χ2n) is 5.79. The van der Waals surface area contributed by atoms with Crippen LogP contribution in [0.2, 0.25) is 0 Å². The molecule has 21 heavy (non-hydrogen) atoms. The van der Waals surface area contributed by atoms with E-state index in [9.17, 15) is 5.11 Å². The largest absolute Gasteiger partial charge is 0.387 e. The van der Waals surface area contributed by atoms with Crippen molar-refractivity contribution in [3.8, 4) is 0 Å². The molecule has 5 heteroatoms. The first-order chi connectivity index (χ1) is 10.2. The predicted octanol–water partition coefficient (Wildman–Crippen LogP) is 0.745. The quantitative estimate of drug-likeness (QED) is 0.733. The molecule has 1 aliphatic heterocycles. The summed E-state index contributed by atoms with van der Waals surface area (Å²) in [7, 11) is 0. The number of aromatic nitrogens is 2.